The maximum Gasteiger partial charge on any atom is 0.265 e. The molecule has 5 nitrogen and oxygen atoms in total. The van der Waals surface area contributed by atoms with Gasteiger partial charge in [-0.15, -0.1) is 11.3 Å². The lowest BCUT2D eigenvalue weighted by Crippen LogP contribution is -2.36. The van der Waals surface area contributed by atoms with E-state index in [1.54, 1.807) is 0 Å². The molecule has 1 amide bonds. The van der Waals surface area contributed by atoms with Gasteiger partial charge in [-0.05, 0) is 36.1 Å². The second kappa shape index (κ2) is 6.37. The Labute approximate surface area is 133 Å². The number of aryl methyl sites for hydroxylation is 1. The first-order chi connectivity index (χ1) is 10.6. The fourth-order valence-corrected chi connectivity index (χ4v) is 3.14. The Hall–Kier alpha value is -2.05. The molecule has 1 fully saturated rings. The van der Waals surface area contributed by atoms with Gasteiger partial charge in [0.05, 0.1) is 29.5 Å². The molecular weight excluding hydrogens is 298 g/mol. The number of nitrogens with two attached hydrogens (primary N) is 1. The monoisotopic (exact) mass is 317 g/mol. The highest BCUT2D eigenvalue weighted by molar-refractivity contribution is 7.12. The van der Waals surface area contributed by atoms with Gasteiger partial charge in [-0.25, -0.2) is 0 Å². The summed E-state index contributed by atoms with van der Waals surface area (Å²) in [5, 5.41) is 4.87. The molecule has 116 valence electrons. The van der Waals surface area contributed by atoms with E-state index in [9.17, 15) is 4.79 Å². The molecule has 2 heterocycles. The Morgan fingerprint density at radius 3 is 2.82 bits per heavy atom. The minimum absolute atomic E-state index is 0.0872. The quantitative estimate of drug-likeness (QED) is 0.854. The van der Waals surface area contributed by atoms with Gasteiger partial charge in [0.25, 0.3) is 5.91 Å². The standard InChI is InChI=1S/C16H19N3O2S/c1-11-9-12(17)14(19-4-6-21-7-5-19)10-13(11)18-16(20)15-3-2-8-22-15/h2-3,8-10H,4-7,17H2,1H3,(H,18,20). The lowest BCUT2D eigenvalue weighted by molar-refractivity contribution is 0.103. The van der Waals surface area contributed by atoms with Crippen LogP contribution in [0.2, 0.25) is 0 Å². The molecule has 1 aliphatic rings. The maximum atomic E-state index is 12.2. The Kier molecular flexibility index (Phi) is 4.31. The number of rotatable bonds is 3. The molecule has 1 aromatic heterocycles. The van der Waals surface area contributed by atoms with E-state index in [-0.39, 0.29) is 5.91 Å². The van der Waals surface area contributed by atoms with E-state index in [1.807, 2.05) is 36.6 Å². The number of hydrogen-bond donors (Lipinski definition) is 2. The van der Waals surface area contributed by atoms with E-state index in [1.165, 1.54) is 11.3 Å². The van der Waals surface area contributed by atoms with E-state index < -0.39 is 0 Å². The van der Waals surface area contributed by atoms with E-state index in [0.717, 1.165) is 35.7 Å². The summed E-state index contributed by atoms with van der Waals surface area (Å²) < 4.78 is 5.38. The van der Waals surface area contributed by atoms with Crippen molar-refractivity contribution in [1.82, 2.24) is 0 Å². The molecule has 3 rings (SSSR count). The molecule has 0 saturated carbocycles. The second-order valence-corrected chi connectivity index (χ2v) is 6.20. The van der Waals surface area contributed by atoms with Gasteiger partial charge in [0.1, 0.15) is 0 Å². The van der Waals surface area contributed by atoms with Crippen molar-refractivity contribution in [1.29, 1.82) is 0 Å². The summed E-state index contributed by atoms with van der Waals surface area (Å²) in [7, 11) is 0. The summed E-state index contributed by atoms with van der Waals surface area (Å²) in [6.45, 7) is 4.97. The molecule has 2 aromatic rings. The highest BCUT2D eigenvalue weighted by atomic mass is 32.1. The van der Waals surface area contributed by atoms with Crippen molar-refractivity contribution in [3.8, 4) is 0 Å². The van der Waals surface area contributed by atoms with Crippen molar-refractivity contribution in [2.24, 2.45) is 0 Å². The van der Waals surface area contributed by atoms with E-state index >= 15 is 0 Å². The van der Waals surface area contributed by atoms with Crippen LogP contribution in [0.25, 0.3) is 0 Å². The average Bonchev–Trinajstić information content (AvgIpc) is 3.05. The van der Waals surface area contributed by atoms with Crippen molar-refractivity contribution in [3.63, 3.8) is 0 Å². The van der Waals surface area contributed by atoms with Crippen LogP contribution in [-0.4, -0.2) is 32.2 Å². The van der Waals surface area contributed by atoms with Gasteiger partial charge in [0.2, 0.25) is 0 Å². The zero-order valence-corrected chi connectivity index (χ0v) is 13.3. The van der Waals surface area contributed by atoms with Crippen LogP contribution in [0, 0.1) is 6.92 Å². The molecule has 22 heavy (non-hydrogen) atoms. The zero-order valence-electron chi connectivity index (χ0n) is 12.5. The topological polar surface area (TPSA) is 67.6 Å². The molecule has 0 spiro atoms. The lowest BCUT2D eigenvalue weighted by Gasteiger charge is -2.30. The number of anilines is 3. The Bertz CT molecular complexity index is 664. The van der Waals surface area contributed by atoms with E-state index in [2.05, 4.69) is 10.2 Å². The number of benzene rings is 1. The van der Waals surface area contributed by atoms with Gasteiger partial charge in [-0.1, -0.05) is 6.07 Å². The smallest absolute Gasteiger partial charge is 0.265 e. The van der Waals surface area contributed by atoms with E-state index in [0.29, 0.717) is 18.1 Å². The Balaban J connectivity index is 1.86. The van der Waals surface area contributed by atoms with Crippen LogP contribution in [0.15, 0.2) is 29.6 Å². The Morgan fingerprint density at radius 2 is 2.14 bits per heavy atom. The minimum atomic E-state index is -0.0872. The first-order valence-corrected chi connectivity index (χ1v) is 8.11. The number of amides is 1. The van der Waals surface area contributed by atoms with Crippen LogP contribution in [0.4, 0.5) is 17.1 Å². The first kappa shape index (κ1) is 14.9. The van der Waals surface area contributed by atoms with Crippen molar-refractivity contribution < 1.29 is 9.53 Å². The predicted octanol–water partition coefficient (Wildman–Crippen LogP) is 2.73. The third-order valence-corrected chi connectivity index (χ3v) is 4.59. The van der Waals surface area contributed by atoms with Crippen LogP contribution >= 0.6 is 11.3 Å². The number of carbonyl (C=O) groups is 1. The number of thiophene rings is 1. The number of nitrogen functional groups attached to an aromatic ring is 1. The second-order valence-electron chi connectivity index (χ2n) is 5.26. The van der Waals surface area contributed by atoms with Crippen LogP contribution in [0.3, 0.4) is 0 Å². The van der Waals surface area contributed by atoms with Crippen LogP contribution < -0.4 is 16.0 Å². The number of carbonyl (C=O) groups excluding carboxylic acids is 1. The van der Waals surface area contributed by atoms with Crippen molar-refractivity contribution in [2.75, 3.05) is 42.3 Å². The van der Waals surface area contributed by atoms with Gasteiger partial charge in [0.15, 0.2) is 0 Å². The minimum Gasteiger partial charge on any atom is -0.397 e. The summed E-state index contributed by atoms with van der Waals surface area (Å²) in [5.74, 6) is -0.0872. The summed E-state index contributed by atoms with van der Waals surface area (Å²) in [6.07, 6.45) is 0. The van der Waals surface area contributed by atoms with Gasteiger partial charge in [-0.3, -0.25) is 4.79 Å². The average molecular weight is 317 g/mol. The summed E-state index contributed by atoms with van der Waals surface area (Å²) in [6, 6.07) is 7.56. The van der Waals surface area contributed by atoms with Crippen molar-refractivity contribution in [3.05, 3.63) is 40.1 Å². The number of nitrogens with one attached hydrogen (secondary N) is 1. The molecular formula is C16H19N3O2S. The highest BCUT2D eigenvalue weighted by Crippen LogP contribution is 2.31. The van der Waals surface area contributed by atoms with Gasteiger partial charge in [-0.2, -0.15) is 0 Å². The number of nitrogens with zero attached hydrogens (tertiary/aromatic N) is 1. The molecule has 3 N–H and O–H groups in total. The van der Waals surface area contributed by atoms with Crippen molar-refractivity contribution in [2.45, 2.75) is 6.92 Å². The molecule has 6 heteroatoms. The summed E-state index contributed by atoms with van der Waals surface area (Å²) >= 11 is 1.43. The summed E-state index contributed by atoms with van der Waals surface area (Å²) in [5.41, 5.74) is 9.60. The number of morpholine rings is 1. The predicted molar refractivity (Wildman–Crippen MR) is 90.9 cm³/mol. The van der Waals surface area contributed by atoms with Crippen LogP contribution in [0.5, 0.6) is 0 Å². The van der Waals surface area contributed by atoms with Gasteiger partial charge in [0, 0.05) is 18.8 Å². The zero-order chi connectivity index (χ0) is 15.5. The fourth-order valence-electron chi connectivity index (χ4n) is 2.52. The number of hydrogen-bond acceptors (Lipinski definition) is 5. The largest absolute Gasteiger partial charge is 0.397 e. The normalized spacial score (nSPS) is 14.9. The number of ether oxygens (including phenoxy) is 1. The van der Waals surface area contributed by atoms with Gasteiger partial charge < -0.3 is 20.7 Å². The molecule has 0 radical (unpaired) electrons. The molecule has 1 aromatic carbocycles. The molecule has 0 aliphatic carbocycles. The van der Waals surface area contributed by atoms with Crippen LogP contribution in [-0.2, 0) is 4.74 Å². The molecule has 1 saturated heterocycles. The van der Waals surface area contributed by atoms with Gasteiger partial charge >= 0.3 is 0 Å². The molecule has 0 bridgehead atoms. The third-order valence-electron chi connectivity index (χ3n) is 3.72. The Morgan fingerprint density at radius 1 is 1.36 bits per heavy atom. The van der Waals surface area contributed by atoms with Crippen molar-refractivity contribution >= 4 is 34.3 Å². The molecule has 0 atom stereocenters. The lowest BCUT2D eigenvalue weighted by atomic mass is 10.1. The highest BCUT2D eigenvalue weighted by Gasteiger charge is 2.17. The summed E-state index contributed by atoms with van der Waals surface area (Å²) in [4.78, 5) is 15.1. The molecule has 0 unspecified atom stereocenters. The first-order valence-electron chi connectivity index (χ1n) is 7.23. The third kappa shape index (κ3) is 3.08. The van der Waals surface area contributed by atoms with Crippen LogP contribution in [0.1, 0.15) is 15.2 Å². The molecule has 1 aliphatic heterocycles. The van der Waals surface area contributed by atoms with E-state index in [4.69, 9.17) is 10.5 Å². The SMILES string of the molecule is Cc1cc(N)c(N2CCOCC2)cc1NC(=O)c1cccs1. The fraction of sp³-hybridized carbons (Fsp3) is 0.312. The maximum absolute atomic E-state index is 12.2.